The summed E-state index contributed by atoms with van der Waals surface area (Å²) in [5.74, 6) is -0.0886. The van der Waals surface area contributed by atoms with Crippen LogP contribution in [0.4, 0.5) is 4.39 Å². The number of pyridine rings is 1. The molecule has 140 valence electrons. The summed E-state index contributed by atoms with van der Waals surface area (Å²) >= 11 is 0. The van der Waals surface area contributed by atoms with Crippen LogP contribution in [-0.2, 0) is 10.0 Å². The van der Waals surface area contributed by atoms with Crippen molar-refractivity contribution in [3.63, 3.8) is 0 Å². The Hall–Kier alpha value is -2.65. The van der Waals surface area contributed by atoms with Gasteiger partial charge in [-0.3, -0.25) is 4.98 Å². The molecule has 2 aromatic heterocycles. The first kappa shape index (κ1) is 17.7. The van der Waals surface area contributed by atoms with E-state index in [9.17, 15) is 12.8 Å². The molecule has 9 heteroatoms. The van der Waals surface area contributed by atoms with Crippen molar-refractivity contribution in [2.75, 3.05) is 6.54 Å². The van der Waals surface area contributed by atoms with Crippen LogP contribution in [0.2, 0.25) is 0 Å². The molecule has 0 amide bonds. The summed E-state index contributed by atoms with van der Waals surface area (Å²) in [7, 11) is -3.87. The number of benzene rings is 1. The van der Waals surface area contributed by atoms with Gasteiger partial charge in [-0.1, -0.05) is 6.07 Å². The summed E-state index contributed by atoms with van der Waals surface area (Å²) in [5.41, 5.74) is 1.53. The van der Waals surface area contributed by atoms with Crippen LogP contribution in [0.25, 0.3) is 11.5 Å². The van der Waals surface area contributed by atoms with Crippen LogP contribution in [0.1, 0.15) is 30.5 Å². The van der Waals surface area contributed by atoms with Gasteiger partial charge >= 0.3 is 0 Å². The highest BCUT2D eigenvalue weighted by Gasteiger charge is 2.39. The van der Waals surface area contributed by atoms with Crippen molar-refractivity contribution in [2.45, 2.75) is 30.7 Å². The van der Waals surface area contributed by atoms with Gasteiger partial charge in [0.05, 0.1) is 10.5 Å². The molecule has 27 heavy (non-hydrogen) atoms. The lowest BCUT2D eigenvalue weighted by Crippen LogP contribution is -2.31. The SMILES string of the molecule is Cc1ccc(-c2nnc([C@@H]3CCCN3S(=O)(=O)c3cccc(F)c3)o2)cn1. The largest absolute Gasteiger partial charge is 0.419 e. The second kappa shape index (κ2) is 6.82. The Bertz CT molecular complexity index is 1070. The Kier molecular flexibility index (Phi) is 4.48. The van der Waals surface area contributed by atoms with E-state index < -0.39 is 21.9 Å². The lowest BCUT2D eigenvalue weighted by molar-refractivity contribution is 0.332. The molecule has 1 aliphatic rings. The molecule has 0 unspecified atom stereocenters. The number of halogens is 1. The molecular weight excluding hydrogens is 371 g/mol. The van der Waals surface area contributed by atoms with Gasteiger partial charge in [-0.2, -0.15) is 4.31 Å². The van der Waals surface area contributed by atoms with Crippen LogP contribution in [0.15, 0.2) is 51.9 Å². The van der Waals surface area contributed by atoms with Gasteiger partial charge in [0.1, 0.15) is 11.9 Å². The van der Waals surface area contributed by atoms with Crippen molar-refractivity contribution in [1.82, 2.24) is 19.5 Å². The van der Waals surface area contributed by atoms with Crippen molar-refractivity contribution in [2.24, 2.45) is 0 Å². The maximum absolute atomic E-state index is 13.5. The van der Waals surface area contributed by atoms with Gasteiger partial charge in [-0.05, 0) is 50.1 Å². The van der Waals surface area contributed by atoms with Gasteiger partial charge in [0.15, 0.2) is 0 Å². The van der Waals surface area contributed by atoms with E-state index in [1.54, 1.807) is 6.20 Å². The van der Waals surface area contributed by atoms with E-state index in [1.165, 1.54) is 22.5 Å². The van der Waals surface area contributed by atoms with E-state index >= 15 is 0 Å². The number of hydrogen-bond acceptors (Lipinski definition) is 6. The fourth-order valence-corrected chi connectivity index (χ4v) is 4.80. The van der Waals surface area contributed by atoms with Crippen molar-refractivity contribution in [3.05, 3.63) is 60.0 Å². The Labute approximate surface area is 155 Å². The van der Waals surface area contributed by atoms with Crippen LogP contribution in [0, 0.1) is 12.7 Å². The van der Waals surface area contributed by atoms with E-state index in [4.69, 9.17) is 4.42 Å². The van der Waals surface area contributed by atoms with Crippen LogP contribution in [0.5, 0.6) is 0 Å². The zero-order chi connectivity index (χ0) is 19.0. The lowest BCUT2D eigenvalue weighted by atomic mass is 10.2. The molecule has 1 atom stereocenters. The molecule has 0 radical (unpaired) electrons. The number of aromatic nitrogens is 3. The van der Waals surface area contributed by atoms with Gasteiger partial charge in [0, 0.05) is 18.4 Å². The highest BCUT2D eigenvalue weighted by Crippen LogP contribution is 2.36. The maximum atomic E-state index is 13.5. The lowest BCUT2D eigenvalue weighted by Gasteiger charge is -2.21. The molecule has 7 nitrogen and oxygen atoms in total. The topological polar surface area (TPSA) is 89.2 Å². The fourth-order valence-electron chi connectivity index (χ4n) is 3.12. The Morgan fingerprint density at radius 2 is 2.07 bits per heavy atom. The third-order valence-electron chi connectivity index (χ3n) is 4.49. The van der Waals surface area contributed by atoms with Gasteiger partial charge in [0.25, 0.3) is 0 Å². The molecule has 1 aliphatic heterocycles. The molecule has 0 spiro atoms. The quantitative estimate of drug-likeness (QED) is 0.682. The average Bonchev–Trinajstić information content (AvgIpc) is 3.32. The summed E-state index contributed by atoms with van der Waals surface area (Å²) in [5, 5.41) is 8.07. The summed E-state index contributed by atoms with van der Waals surface area (Å²) in [6.45, 7) is 2.18. The molecule has 0 saturated carbocycles. The van der Waals surface area contributed by atoms with Crippen LogP contribution in [0.3, 0.4) is 0 Å². The van der Waals surface area contributed by atoms with E-state index in [0.717, 1.165) is 11.8 Å². The molecule has 0 N–H and O–H groups in total. The number of hydrogen-bond donors (Lipinski definition) is 0. The summed E-state index contributed by atoms with van der Waals surface area (Å²) in [4.78, 5) is 4.11. The minimum atomic E-state index is -3.87. The fraction of sp³-hybridized carbons (Fsp3) is 0.278. The zero-order valence-corrected chi connectivity index (χ0v) is 15.4. The Morgan fingerprint density at radius 3 is 2.81 bits per heavy atom. The van der Waals surface area contributed by atoms with Crippen molar-refractivity contribution < 1.29 is 17.2 Å². The van der Waals surface area contributed by atoms with E-state index in [1.807, 2.05) is 19.1 Å². The molecule has 1 fully saturated rings. The molecule has 3 heterocycles. The molecule has 1 saturated heterocycles. The minimum Gasteiger partial charge on any atom is -0.419 e. The highest BCUT2D eigenvalue weighted by atomic mass is 32.2. The van der Waals surface area contributed by atoms with Crippen LogP contribution in [-0.4, -0.2) is 34.4 Å². The predicted octanol–water partition coefficient (Wildman–Crippen LogP) is 3.10. The van der Waals surface area contributed by atoms with E-state index in [2.05, 4.69) is 15.2 Å². The summed E-state index contributed by atoms with van der Waals surface area (Å²) in [6.07, 6.45) is 2.84. The third kappa shape index (κ3) is 3.35. The van der Waals surface area contributed by atoms with E-state index in [0.29, 0.717) is 24.9 Å². The van der Waals surface area contributed by atoms with E-state index in [-0.39, 0.29) is 16.7 Å². The first-order chi connectivity index (χ1) is 12.9. The predicted molar refractivity (Wildman–Crippen MR) is 94.5 cm³/mol. The number of nitrogens with zero attached hydrogens (tertiary/aromatic N) is 4. The smallest absolute Gasteiger partial charge is 0.249 e. The molecular formula is C18H17FN4O3S. The molecule has 4 rings (SSSR count). The summed E-state index contributed by atoms with van der Waals surface area (Å²) < 4.78 is 46.4. The van der Waals surface area contributed by atoms with Gasteiger partial charge < -0.3 is 4.42 Å². The van der Waals surface area contributed by atoms with Crippen molar-refractivity contribution in [3.8, 4) is 11.5 Å². The monoisotopic (exact) mass is 388 g/mol. The molecule has 3 aromatic rings. The van der Waals surface area contributed by atoms with Gasteiger partial charge in [0.2, 0.25) is 21.8 Å². The van der Waals surface area contributed by atoms with Gasteiger partial charge in [-0.15, -0.1) is 10.2 Å². The number of sulfonamides is 1. The van der Waals surface area contributed by atoms with Crippen molar-refractivity contribution in [1.29, 1.82) is 0 Å². The maximum Gasteiger partial charge on any atom is 0.249 e. The first-order valence-electron chi connectivity index (χ1n) is 8.49. The standard InChI is InChI=1S/C18H17FN4O3S/c1-12-7-8-13(11-20-12)17-21-22-18(26-17)16-6-3-9-23(16)27(24,25)15-5-2-4-14(19)10-15/h2,4-5,7-8,10-11,16H,3,6,9H2,1H3/t16-/m0/s1. The number of aryl methyl sites for hydroxylation is 1. The zero-order valence-electron chi connectivity index (χ0n) is 14.5. The second-order valence-electron chi connectivity index (χ2n) is 6.36. The molecule has 0 aliphatic carbocycles. The normalized spacial score (nSPS) is 18.1. The Balaban J connectivity index is 1.65. The Morgan fingerprint density at radius 1 is 1.22 bits per heavy atom. The van der Waals surface area contributed by atoms with Gasteiger partial charge in [-0.25, -0.2) is 12.8 Å². The molecule has 1 aromatic carbocycles. The second-order valence-corrected chi connectivity index (χ2v) is 8.26. The highest BCUT2D eigenvalue weighted by molar-refractivity contribution is 7.89. The minimum absolute atomic E-state index is 0.0862. The first-order valence-corrected chi connectivity index (χ1v) is 9.93. The van der Waals surface area contributed by atoms with Crippen LogP contribution >= 0.6 is 0 Å². The van der Waals surface area contributed by atoms with Crippen LogP contribution < -0.4 is 0 Å². The average molecular weight is 388 g/mol. The van der Waals surface area contributed by atoms with Crippen molar-refractivity contribution >= 4 is 10.0 Å². The molecule has 0 bridgehead atoms. The number of rotatable bonds is 4. The summed E-state index contributed by atoms with van der Waals surface area (Å²) in [6, 6.07) is 8.05. The third-order valence-corrected chi connectivity index (χ3v) is 6.39.